The van der Waals surface area contributed by atoms with Gasteiger partial charge in [-0.1, -0.05) is 36.4 Å². The first-order valence-electron chi connectivity index (χ1n) is 9.32. The van der Waals surface area contributed by atoms with Crippen molar-refractivity contribution in [2.24, 2.45) is 0 Å². The van der Waals surface area contributed by atoms with Crippen molar-refractivity contribution in [2.75, 3.05) is 31.1 Å². The van der Waals surface area contributed by atoms with Crippen molar-refractivity contribution in [3.05, 3.63) is 77.4 Å². The number of hydrogen-bond acceptors (Lipinski definition) is 2. The highest BCUT2D eigenvalue weighted by Crippen LogP contribution is 2.35. The lowest BCUT2D eigenvalue weighted by Crippen LogP contribution is -2.43. The zero-order valence-electron chi connectivity index (χ0n) is 15.4. The molecule has 0 spiro atoms. The molecule has 1 fully saturated rings. The second kappa shape index (κ2) is 8.61. The van der Waals surface area contributed by atoms with Gasteiger partial charge in [0.1, 0.15) is 0 Å². The van der Waals surface area contributed by atoms with Gasteiger partial charge in [-0.3, -0.25) is 0 Å². The summed E-state index contributed by atoms with van der Waals surface area (Å²) in [5.74, 6) is 0. The number of hydrogen-bond donors (Lipinski definition) is 1. The fraction of sp³-hybridized carbons (Fsp3) is 0.364. The van der Waals surface area contributed by atoms with Gasteiger partial charge in [0.2, 0.25) is 0 Å². The highest BCUT2D eigenvalue weighted by atomic mass is 19.4. The standard InChI is InChI=1S/C22H25F3N2/c1-2-3-17-4-6-18(7-5-17)8-9-19-10-11-20(16-21(19)22(23,24)25)27-14-12-26-13-15-27/h2,4-7,10-11,16,26H,1,3,8-9,12-15H2. The first kappa shape index (κ1) is 19.5. The summed E-state index contributed by atoms with van der Waals surface area (Å²) in [6, 6.07) is 12.8. The third kappa shape index (κ3) is 5.13. The second-order valence-electron chi connectivity index (χ2n) is 6.89. The molecule has 1 heterocycles. The lowest BCUT2D eigenvalue weighted by atomic mass is 9.97. The average molecular weight is 374 g/mol. The molecule has 1 N–H and O–H groups in total. The minimum atomic E-state index is -4.34. The summed E-state index contributed by atoms with van der Waals surface area (Å²) >= 11 is 0. The summed E-state index contributed by atoms with van der Waals surface area (Å²) in [5, 5.41) is 3.22. The molecule has 3 rings (SSSR count). The molecule has 144 valence electrons. The average Bonchev–Trinajstić information content (AvgIpc) is 2.67. The molecule has 0 atom stereocenters. The van der Waals surface area contributed by atoms with Crippen molar-refractivity contribution in [3.8, 4) is 0 Å². The van der Waals surface area contributed by atoms with E-state index in [0.29, 0.717) is 24.1 Å². The Morgan fingerprint density at radius 3 is 2.26 bits per heavy atom. The maximum Gasteiger partial charge on any atom is 0.416 e. The molecule has 27 heavy (non-hydrogen) atoms. The summed E-state index contributed by atoms with van der Waals surface area (Å²) in [6.45, 7) is 6.77. The highest BCUT2D eigenvalue weighted by Gasteiger charge is 2.33. The quantitative estimate of drug-likeness (QED) is 0.742. The monoisotopic (exact) mass is 374 g/mol. The Hall–Kier alpha value is -2.27. The van der Waals surface area contributed by atoms with Crippen LogP contribution < -0.4 is 10.2 Å². The molecule has 0 radical (unpaired) electrons. The zero-order valence-corrected chi connectivity index (χ0v) is 15.4. The number of halogens is 3. The number of rotatable bonds is 6. The van der Waals surface area contributed by atoms with Crippen LogP contribution in [0.15, 0.2) is 55.1 Å². The van der Waals surface area contributed by atoms with E-state index in [-0.39, 0.29) is 0 Å². The maximum atomic E-state index is 13.6. The highest BCUT2D eigenvalue weighted by molar-refractivity contribution is 5.52. The van der Waals surface area contributed by atoms with Crippen LogP contribution in [0.1, 0.15) is 22.3 Å². The molecule has 2 aromatic carbocycles. The van der Waals surface area contributed by atoms with Crippen molar-refractivity contribution in [1.82, 2.24) is 5.32 Å². The Labute approximate surface area is 158 Å². The molecule has 1 aliphatic heterocycles. The Balaban J connectivity index is 1.76. The van der Waals surface area contributed by atoms with E-state index >= 15 is 0 Å². The third-order valence-corrected chi connectivity index (χ3v) is 4.97. The Morgan fingerprint density at radius 1 is 0.963 bits per heavy atom. The molecule has 2 nitrogen and oxygen atoms in total. The second-order valence-corrected chi connectivity index (χ2v) is 6.89. The summed E-state index contributed by atoms with van der Waals surface area (Å²) < 4.78 is 40.9. The smallest absolute Gasteiger partial charge is 0.369 e. The molecule has 0 saturated carbocycles. The molecule has 5 heteroatoms. The van der Waals surface area contributed by atoms with E-state index in [1.54, 1.807) is 6.07 Å². The summed E-state index contributed by atoms with van der Waals surface area (Å²) in [4.78, 5) is 2.01. The molecular weight excluding hydrogens is 349 g/mol. The normalized spacial score (nSPS) is 15.0. The van der Waals surface area contributed by atoms with Gasteiger partial charge in [0.05, 0.1) is 5.56 Å². The molecule has 1 saturated heterocycles. The largest absolute Gasteiger partial charge is 0.416 e. The van der Waals surface area contributed by atoms with Gasteiger partial charge < -0.3 is 10.2 Å². The number of anilines is 1. The van der Waals surface area contributed by atoms with E-state index in [0.717, 1.165) is 43.7 Å². The van der Waals surface area contributed by atoms with Gasteiger partial charge in [-0.2, -0.15) is 13.2 Å². The fourth-order valence-corrected chi connectivity index (χ4v) is 3.45. The molecule has 0 aromatic heterocycles. The molecule has 2 aromatic rings. The first-order chi connectivity index (χ1) is 13.0. The van der Waals surface area contributed by atoms with Crippen LogP contribution in [-0.2, 0) is 25.4 Å². The lowest BCUT2D eigenvalue weighted by molar-refractivity contribution is -0.138. The molecule has 0 unspecified atom stereocenters. The third-order valence-electron chi connectivity index (χ3n) is 4.97. The van der Waals surface area contributed by atoms with Crippen LogP contribution in [0, 0.1) is 0 Å². The Kier molecular flexibility index (Phi) is 6.22. The topological polar surface area (TPSA) is 15.3 Å². The first-order valence-corrected chi connectivity index (χ1v) is 9.32. The number of allylic oxidation sites excluding steroid dienone is 1. The van der Waals surface area contributed by atoms with Crippen LogP contribution in [-0.4, -0.2) is 26.2 Å². The van der Waals surface area contributed by atoms with Crippen molar-refractivity contribution >= 4 is 5.69 Å². The summed E-state index contributed by atoms with van der Waals surface area (Å²) in [5.41, 5.74) is 2.70. The fourth-order valence-electron chi connectivity index (χ4n) is 3.45. The molecule has 0 amide bonds. The minimum absolute atomic E-state index is 0.358. The Morgan fingerprint density at radius 2 is 1.63 bits per heavy atom. The minimum Gasteiger partial charge on any atom is -0.369 e. The van der Waals surface area contributed by atoms with Crippen LogP contribution in [0.25, 0.3) is 0 Å². The summed E-state index contributed by atoms with van der Waals surface area (Å²) in [6.07, 6.45) is -0.744. The number of nitrogens with zero attached hydrogens (tertiary/aromatic N) is 1. The zero-order chi connectivity index (χ0) is 19.3. The van der Waals surface area contributed by atoms with E-state index in [9.17, 15) is 13.2 Å². The van der Waals surface area contributed by atoms with E-state index in [2.05, 4.69) is 11.9 Å². The number of alkyl halides is 3. The van der Waals surface area contributed by atoms with Crippen LogP contribution in [0.4, 0.5) is 18.9 Å². The van der Waals surface area contributed by atoms with E-state index < -0.39 is 11.7 Å². The van der Waals surface area contributed by atoms with Gasteiger partial charge in [0.25, 0.3) is 0 Å². The van der Waals surface area contributed by atoms with Crippen molar-refractivity contribution in [3.63, 3.8) is 0 Å². The predicted molar refractivity (Wildman–Crippen MR) is 104 cm³/mol. The Bertz CT molecular complexity index is 760. The number of piperazine rings is 1. The van der Waals surface area contributed by atoms with Crippen molar-refractivity contribution in [2.45, 2.75) is 25.4 Å². The van der Waals surface area contributed by atoms with Crippen LogP contribution in [0.5, 0.6) is 0 Å². The van der Waals surface area contributed by atoms with Crippen LogP contribution in [0.3, 0.4) is 0 Å². The van der Waals surface area contributed by atoms with Crippen molar-refractivity contribution < 1.29 is 13.2 Å². The van der Waals surface area contributed by atoms with E-state index in [1.807, 2.05) is 41.3 Å². The van der Waals surface area contributed by atoms with Crippen LogP contribution in [0.2, 0.25) is 0 Å². The molecule has 1 aliphatic rings. The van der Waals surface area contributed by atoms with E-state index in [1.165, 1.54) is 6.07 Å². The number of aryl methyl sites for hydroxylation is 2. The summed E-state index contributed by atoms with van der Waals surface area (Å²) in [7, 11) is 0. The van der Waals surface area contributed by atoms with Gasteiger partial charge in [-0.15, -0.1) is 6.58 Å². The maximum absolute atomic E-state index is 13.6. The van der Waals surface area contributed by atoms with Crippen molar-refractivity contribution in [1.29, 1.82) is 0 Å². The number of nitrogens with one attached hydrogen (secondary N) is 1. The van der Waals surface area contributed by atoms with Gasteiger partial charge in [0, 0.05) is 31.9 Å². The molecular formula is C22H25F3N2. The SMILES string of the molecule is C=CCc1ccc(CCc2ccc(N3CCNCC3)cc2C(F)(F)F)cc1. The van der Waals surface area contributed by atoms with Gasteiger partial charge in [0.15, 0.2) is 0 Å². The van der Waals surface area contributed by atoms with Gasteiger partial charge in [-0.25, -0.2) is 0 Å². The van der Waals surface area contributed by atoms with E-state index in [4.69, 9.17) is 0 Å². The van der Waals surface area contributed by atoms with Gasteiger partial charge >= 0.3 is 6.18 Å². The molecule has 0 bridgehead atoms. The lowest BCUT2D eigenvalue weighted by Gasteiger charge is -2.30. The van der Waals surface area contributed by atoms with Gasteiger partial charge in [-0.05, 0) is 48.1 Å². The molecule has 0 aliphatic carbocycles. The predicted octanol–water partition coefficient (Wildman–Crippen LogP) is 4.63. The number of benzene rings is 2. The van der Waals surface area contributed by atoms with Crippen LogP contribution >= 0.6 is 0 Å².